The summed E-state index contributed by atoms with van der Waals surface area (Å²) in [6.07, 6.45) is 0.857. The molecule has 1 aliphatic carbocycles. The molecule has 218 valence electrons. The van der Waals surface area contributed by atoms with E-state index in [0.717, 1.165) is 37.7 Å². The number of carbonyl (C=O) groups excluding carboxylic acids is 1. The zero-order chi connectivity index (χ0) is 29.7. The van der Waals surface area contributed by atoms with Crippen LogP contribution < -0.4 is 21.4 Å². The third-order valence-electron chi connectivity index (χ3n) is 6.97. The zero-order valence-electron chi connectivity index (χ0n) is 23.1. The molecule has 4 N–H and O–H groups in total. The van der Waals surface area contributed by atoms with Crippen LogP contribution in [0.2, 0.25) is 0 Å². The number of nitrogens with one attached hydrogen (secondary N) is 4. The molecule has 2 fully saturated rings. The van der Waals surface area contributed by atoms with E-state index in [1.807, 2.05) is 17.9 Å². The van der Waals surface area contributed by atoms with Crippen LogP contribution in [0.25, 0.3) is 5.70 Å². The number of aromatic nitrogens is 3. The number of piperazine rings is 1. The number of urea groups is 1. The lowest BCUT2D eigenvalue weighted by atomic mass is 10.0. The summed E-state index contributed by atoms with van der Waals surface area (Å²) >= 11 is 0. The molecule has 1 aliphatic heterocycles. The van der Waals surface area contributed by atoms with Gasteiger partial charge in [0.15, 0.2) is 0 Å². The van der Waals surface area contributed by atoms with Gasteiger partial charge in [-0.2, -0.15) is 18.3 Å². The van der Waals surface area contributed by atoms with Gasteiger partial charge in [-0.15, -0.1) is 0 Å². The Morgan fingerprint density at radius 2 is 1.93 bits per heavy atom. The molecule has 0 unspecified atom stereocenters. The fourth-order valence-corrected chi connectivity index (χ4v) is 4.62. The predicted octanol–water partition coefficient (Wildman–Crippen LogP) is 4.62. The number of hydrogen-bond acceptors (Lipinski definition) is 6. The minimum atomic E-state index is -4.56. The Bertz CT molecular complexity index is 1610. The van der Waals surface area contributed by atoms with Gasteiger partial charge in [-0.25, -0.2) is 14.5 Å². The lowest BCUT2D eigenvalue weighted by Gasteiger charge is -2.28. The third-order valence-corrected chi connectivity index (χ3v) is 6.97. The third kappa shape index (κ3) is 7.43. The average molecular weight is 577 g/mol. The molecular formula is C30H31F3N8O. The summed E-state index contributed by atoms with van der Waals surface area (Å²) in [5.74, 6) is 6.64. The van der Waals surface area contributed by atoms with Crippen molar-refractivity contribution < 1.29 is 18.0 Å². The molecule has 5 rings (SSSR count). The fraction of sp³-hybridized carbons (Fsp3) is 0.333. The topological polar surface area (TPSA) is 111 Å². The van der Waals surface area contributed by atoms with Gasteiger partial charge in [-0.05, 0) is 67.6 Å². The highest BCUT2D eigenvalue weighted by Gasteiger charge is 2.34. The van der Waals surface area contributed by atoms with Crippen molar-refractivity contribution in [3.05, 3.63) is 82.6 Å². The molecule has 0 atom stereocenters. The van der Waals surface area contributed by atoms with Crippen LogP contribution in [-0.4, -0.2) is 51.9 Å². The molecule has 2 amide bonds. The van der Waals surface area contributed by atoms with Gasteiger partial charge in [-0.3, -0.25) is 15.6 Å². The standard InChI is InChI=1S/C30H31F3N8O/c1-2-24(41-27(34)10-9-26(39-41)21-4-5-21)8-3-20-11-12-36-28(17-20)38-29(42)37-23-7-6-22(25(18-23)30(31,32)33)19-40-15-13-35-14-16-40/h2,6-7,9-12,17-18,21,34-35H,4-5,13-16,19H2,1H3,(H2,36,37,38,42). The summed E-state index contributed by atoms with van der Waals surface area (Å²) < 4.78 is 43.1. The van der Waals surface area contributed by atoms with E-state index in [0.29, 0.717) is 30.3 Å². The van der Waals surface area contributed by atoms with E-state index in [2.05, 4.69) is 37.9 Å². The van der Waals surface area contributed by atoms with Crippen molar-refractivity contribution >= 4 is 23.2 Å². The summed E-state index contributed by atoms with van der Waals surface area (Å²) in [6.45, 7) is 4.79. The number of anilines is 2. The van der Waals surface area contributed by atoms with Crippen LogP contribution in [0.1, 0.15) is 48.1 Å². The average Bonchev–Trinajstić information content (AvgIpc) is 3.81. The Kier molecular flexibility index (Phi) is 8.70. The van der Waals surface area contributed by atoms with Crippen LogP contribution in [0.5, 0.6) is 0 Å². The number of halogens is 3. The highest BCUT2D eigenvalue weighted by molar-refractivity contribution is 5.99. The van der Waals surface area contributed by atoms with Gasteiger partial charge in [0.1, 0.15) is 17.0 Å². The number of amides is 2. The first kappa shape index (κ1) is 29.0. The van der Waals surface area contributed by atoms with Crippen LogP contribution in [0.15, 0.2) is 54.7 Å². The zero-order valence-corrected chi connectivity index (χ0v) is 23.1. The number of nitrogens with zero attached hydrogens (tertiary/aromatic N) is 4. The summed E-state index contributed by atoms with van der Waals surface area (Å²) in [6, 6.07) is 9.88. The van der Waals surface area contributed by atoms with E-state index >= 15 is 0 Å². The van der Waals surface area contributed by atoms with Crippen LogP contribution in [0, 0.1) is 17.3 Å². The second-order valence-corrected chi connectivity index (χ2v) is 10.2. The van der Waals surface area contributed by atoms with Crippen molar-refractivity contribution in [2.24, 2.45) is 0 Å². The van der Waals surface area contributed by atoms with Gasteiger partial charge >= 0.3 is 12.2 Å². The normalized spacial score (nSPS) is 16.0. The molecule has 9 nitrogen and oxygen atoms in total. The maximum absolute atomic E-state index is 13.9. The van der Waals surface area contributed by atoms with Gasteiger partial charge in [0, 0.05) is 56.1 Å². The van der Waals surface area contributed by atoms with Crippen LogP contribution in [-0.2, 0) is 12.7 Å². The van der Waals surface area contributed by atoms with Crippen molar-refractivity contribution in [1.82, 2.24) is 25.0 Å². The number of carbonyl (C=O) groups is 1. The predicted molar refractivity (Wildman–Crippen MR) is 153 cm³/mol. The summed E-state index contributed by atoms with van der Waals surface area (Å²) in [7, 11) is 0. The SMILES string of the molecule is CC=C(C#Cc1ccnc(NC(=O)Nc2ccc(CN3CCNCC3)c(C(F)(F)F)c2)c1)n1nc(C2CC2)ccc1=N. The maximum atomic E-state index is 13.9. The highest BCUT2D eigenvalue weighted by Crippen LogP contribution is 2.38. The molecule has 0 bridgehead atoms. The van der Waals surface area contributed by atoms with E-state index in [1.165, 1.54) is 23.0 Å². The van der Waals surface area contributed by atoms with E-state index in [-0.39, 0.29) is 29.1 Å². The number of hydrogen-bond donors (Lipinski definition) is 4. The van der Waals surface area contributed by atoms with Crippen LogP contribution in [0.4, 0.5) is 29.5 Å². The number of rotatable bonds is 6. The van der Waals surface area contributed by atoms with E-state index in [9.17, 15) is 18.0 Å². The molecule has 12 heteroatoms. The molecule has 3 heterocycles. The first-order valence-electron chi connectivity index (χ1n) is 13.7. The quantitative estimate of drug-likeness (QED) is 0.320. The smallest absolute Gasteiger partial charge is 0.314 e. The summed E-state index contributed by atoms with van der Waals surface area (Å²) in [5, 5.41) is 21.0. The van der Waals surface area contributed by atoms with Gasteiger partial charge in [0.2, 0.25) is 0 Å². The van der Waals surface area contributed by atoms with Gasteiger partial charge in [0.05, 0.1) is 11.3 Å². The minimum absolute atomic E-state index is 0.0155. The molecule has 42 heavy (non-hydrogen) atoms. The lowest BCUT2D eigenvalue weighted by Crippen LogP contribution is -2.43. The number of alkyl halides is 3. The Balaban J connectivity index is 1.27. The van der Waals surface area contributed by atoms with Gasteiger partial charge < -0.3 is 10.6 Å². The maximum Gasteiger partial charge on any atom is 0.416 e. The first-order valence-corrected chi connectivity index (χ1v) is 13.7. The van der Waals surface area contributed by atoms with E-state index < -0.39 is 17.8 Å². The van der Waals surface area contributed by atoms with Crippen molar-refractivity contribution in [1.29, 1.82) is 5.41 Å². The molecule has 2 aromatic heterocycles. The molecule has 0 spiro atoms. The Morgan fingerprint density at radius 3 is 2.64 bits per heavy atom. The fourth-order valence-electron chi connectivity index (χ4n) is 4.62. The molecule has 2 aliphatic rings. The number of benzene rings is 1. The minimum Gasteiger partial charge on any atom is -0.314 e. The summed E-state index contributed by atoms with van der Waals surface area (Å²) in [5.41, 5.74) is 1.62. The van der Waals surface area contributed by atoms with Crippen molar-refractivity contribution in [3.63, 3.8) is 0 Å². The second-order valence-electron chi connectivity index (χ2n) is 10.2. The van der Waals surface area contributed by atoms with Gasteiger partial charge in [-0.1, -0.05) is 18.1 Å². The van der Waals surface area contributed by atoms with E-state index in [4.69, 9.17) is 5.41 Å². The largest absolute Gasteiger partial charge is 0.416 e. The Morgan fingerprint density at radius 1 is 1.14 bits per heavy atom. The molecule has 1 saturated carbocycles. The van der Waals surface area contributed by atoms with Gasteiger partial charge in [0.25, 0.3) is 0 Å². The molecule has 1 aromatic carbocycles. The van der Waals surface area contributed by atoms with E-state index in [1.54, 1.807) is 24.3 Å². The molecule has 1 saturated heterocycles. The van der Waals surface area contributed by atoms with Crippen LogP contribution >= 0.6 is 0 Å². The Hall–Kier alpha value is -4.47. The Labute approximate surface area is 241 Å². The highest BCUT2D eigenvalue weighted by atomic mass is 19.4. The monoisotopic (exact) mass is 576 g/mol. The second kappa shape index (κ2) is 12.6. The van der Waals surface area contributed by atoms with Crippen molar-refractivity contribution in [2.75, 3.05) is 36.8 Å². The molecular weight excluding hydrogens is 545 g/mol. The lowest BCUT2D eigenvalue weighted by molar-refractivity contribution is -0.138. The summed E-state index contributed by atoms with van der Waals surface area (Å²) in [4.78, 5) is 18.7. The van der Waals surface area contributed by atoms with Crippen molar-refractivity contribution in [2.45, 2.75) is 38.4 Å². The number of pyridine rings is 1. The molecule has 0 radical (unpaired) electrons. The van der Waals surface area contributed by atoms with Crippen molar-refractivity contribution in [3.8, 4) is 11.8 Å². The first-order chi connectivity index (χ1) is 20.2. The molecule has 3 aromatic rings. The number of allylic oxidation sites excluding steroid dienone is 2. The van der Waals surface area contributed by atoms with Crippen LogP contribution in [0.3, 0.4) is 0 Å².